The molecule has 130 valence electrons. The van der Waals surface area contributed by atoms with Crippen molar-refractivity contribution in [3.05, 3.63) is 52.6 Å². The van der Waals surface area contributed by atoms with Crippen molar-refractivity contribution in [3.63, 3.8) is 0 Å². The number of amides is 1. The first kappa shape index (κ1) is 17.4. The quantitative estimate of drug-likeness (QED) is 0.344. The fourth-order valence-corrected chi connectivity index (χ4v) is 5.50. The monoisotopic (exact) mass is 419 g/mol. The van der Waals surface area contributed by atoms with Crippen LogP contribution in [-0.4, -0.2) is 25.9 Å². The number of nitro benzene ring substituents is 1. The molecular weight excluding hydrogens is 410 g/mol. The minimum Gasteiger partial charge on any atom is -0.273 e. The van der Waals surface area contributed by atoms with E-state index in [2.05, 4.69) is 4.98 Å². The van der Waals surface area contributed by atoms with Gasteiger partial charge in [-0.25, -0.2) is 9.88 Å². The summed E-state index contributed by atoms with van der Waals surface area (Å²) in [5, 5.41) is 11.3. The summed E-state index contributed by atoms with van der Waals surface area (Å²) in [6.07, 6.45) is 0. The lowest BCUT2D eigenvalue weighted by molar-refractivity contribution is -0.384. The average Bonchev–Trinajstić information content (AvgIpc) is 3.17. The molecule has 4 rings (SSSR count). The third kappa shape index (κ3) is 3.32. The van der Waals surface area contributed by atoms with E-state index in [1.807, 2.05) is 18.2 Å². The van der Waals surface area contributed by atoms with E-state index in [0.717, 1.165) is 20.0 Å². The number of carbonyl (C=O) groups excluding carboxylic acids is 1. The Balaban J connectivity index is 1.60. The topological polar surface area (TPSA) is 76.3 Å². The van der Waals surface area contributed by atoms with Crippen molar-refractivity contribution >= 4 is 78.3 Å². The largest absolute Gasteiger partial charge is 0.273 e. The molecule has 1 fully saturated rings. The summed E-state index contributed by atoms with van der Waals surface area (Å²) >= 11 is 9.51. The van der Waals surface area contributed by atoms with Gasteiger partial charge in [0.25, 0.3) is 5.69 Å². The van der Waals surface area contributed by atoms with Gasteiger partial charge in [-0.05, 0) is 30.3 Å². The van der Waals surface area contributed by atoms with E-state index in [1.165, 1.54) is 51.9 Å². The number of hydrogen-bond acceptors (Lipinski definition) is 8. The zero-order valence-electron chi connectivity index (χ0n) is 12.9. The van der Waals surface area contributed by atoms with Gasteiger partial charge in [0, 0.05) is 21.9 Å². The Morgan fingerprint density at radius 3 is 2.58 bits per heavy atom. The summed E-state index contributed by atoms with van der Waals surface area (Å²) in [6, 6.07) is 12.3. The molecule has 10 heteroatoms. The third-order valence-corrected chi connectivity index (χ3v) is 6.93. The number of anilines is 1. The predicted molar refractivity (Wildman–Crippen MR) is 109 cm³/mol. The van der Waals surface area contributed by atoms with Crippen LogP contribution in [0.15, 0.2) is 52.3 Å². The van der Waals surface area contributed by atoms with Crippen LogP contribution in [0.2, 0.25) is 0 Å². The highest BCUT2D eigenvalue weighted by Crippen LogP contribution is 2.37. The van der Waals surface area contributed by atoms with Gasteiger partial charge in [-0.15, -0.1) is 0 Å². The first-order chi connectivity index (χ1) is 12.5. The number of rotatable bonds is 4. The van der Waals surface area contributed by atoms with Crippen molar-refractivity contribution in [1.82, 2.24) is 4.98 Å². The molecule has 1 aromatic heterocycles. The molecule has 1 aliphatic rings. The van der Waals surface area contributed by atoms with Crippen LogP contribution in [0.4, 0.5) is 10.8 Å². The molecule has 0 atom stereocenters. The number of nitrogens with zero attached hydrogens (tertiary/aromatic N) is 3. The maximum atomic E-state index is 12.0. The van der Waals surface area contributed by atoms with Crippen molar-refractivity contribution in [2.45, 2.75) is 9.79 Å². The highest BCUT2D eigenvalue weighted by Gasteiger charge is 2.30. The Morgan fingerprint density at radius 2 is 1.92 bits per heavy atom. The van der Waals surface area contributed by atoms with Crippen molar-refractivity contribution in [2.24, 2.45) is 0 Å². The van der Waals surface area contributed by atoms with E-state index in [0.29, 0.717) is 15.2 Å². The fraction of sp³-hybridized carbons (Fsp3) is 0.0625. The van der Waals surface area contributed by atoms with E-state index in [4.69, 9.17) is 12.2 Å². The van der Waals surface area contributed by atoms with E-state index in [1.54, 1.807) is 12.1 Å². The Bertz CT molecular complexity index is 1030. The molecular formula is C16H9N3O3S4. The maximum absolute atomic E-state index is 12.0. The number of thiocarbonyl (C=S) groups is 1. The molecule has 3 aromatic rings. The lowest BCUT2D eigenvalue weighted by Crippen LogP contribution is -2.27. The van der Waals surface area contributed by atoms with Gasteiger partial charge in [0.05, 0.1) is 20.9 Å². The van der Waals surface area contributed by atoms with Crippen molar-refractivity contribution in [1.29, 1.82) is 0 Å². The normalized spacial score (nSPS) is 14.4. The minimum absolute atomic E-state index is 0.0421. The van der Waals surface area contributed by atoms with E-state index < -0.39 is 4.92 Å². The number of benzene rings is 2. The lowest BCUT2D eigenvalue weighted by atomic mass is 10.3. The second kappa shape index (κ2) is 6.95. The maximum Gasteiger partial charge on any atom is 0.269 e. The van der Waals surface area contributed by atoms with Gasteiger partial charge in [-0.2, -0.15) is 0 Å². The molecule has 26 heavy (non-hydrogen) atoms. The van der Waals surface area contributed by atoms with Gasteiger partial charge in [0.1, 0.15) is 4.32 Å². The molecule has 1 aliphatic heterocycles. The first-order valence-electron chi connectivity index (χ1n) is 7.34. The third-order valence-electron chi connectivity index (χ3n) is 3.57. The number of nitro groups is 1. The van der Waals surface area contributed by atoms with E-state index >= 15 is 0 Å². The molecule has 0 saturated carbocycles. The number of non-ortho nitro benzene ring substituents is 1. The van der Waals surface area contributed by atoms with Crippen LogP contribution in [0.5, 0.6) is 0 Å². The first-order valence-corrected chi connectivity index (χ1v) is 10.4. The van der Waals surface area contributed by atoms with E-state index in [-0.39, 0.29) is 11.6 Å². The second-order valence-electron chi connectivity index (χ2n) is 5.26. The van der Waals surface area contributed by atoms with Gasteiger partial charge in [-0.1, -0.05) is 47.1 Å². The van der Waals surface area contributed by atoms with Crippen LogP contribution in [0.1, 0.15) is 0 Å². The Morgan fingerprint density at radius 1 is 1.19 bits per heavy atom. The standard InChI is InChI=1S/C16H9N3O3S4/c20-14-8-24-16(23)18(14)15-17-12-6-5-11(7-13(12)26-15)25-10-3-1-9(2-4-10)19(21)22/h1-7H,8H2. The van der Waals surface area contributed by atoms with Crippen LogP contribution in [0, 0.1) is 10.1 Å². The minimum atomic E-state index is -0.415. The molecule has 0 radical (unpaired) electrons. The molecule has 2 heterocycles. The van der Waals surface area contributed by atoms with Crippen LogP contribution >= 0.6 is 47.1 Å². The van der Waals surface area contributed by atoms with Gasteiger partial charge in [-0.3, -0.25) is 14.9 Å². The smallest absolute Gasteiger partial charge is 0.269 e. The molecule has 0 spiro atoms. The van der Waals surface area contributed by atoms with Crippen LogP contribution in [0.3, 0.4) is 0 Å². The Labute approximate surface area is 165 Å². The summed E-state index contributed by atoms with van der Waals surface area (Å²) in [6.45, 7) is 0. The number of carbonyl (C=O) groups is 1. The highest BCUT2D eigenvalue weighted by molar-refractivity contribution is 8.24. The van der Waals surface area contributed by atoms with Crippen molar-refractivity contribution in [2.75, 3.05) is 10.7 Å². The average molecular weight is 420 g/mol. The molecule has 0 N–H and O–H groups in total. The molecule has 1 saturated heterocycles. The van der Waals surface area contributed by atoms with Gasteiger partial charge in [0.2, 0.25) is 5.91 Å². The van der Waals surface area contributed by atoms with Gasteiger partial charge in [0.15, 0.2) is 5.13 Å². The van der Waals surface area contributed by atoms with Crippen molar-refractivity contribution < 1.29 is 9.72 Å². The van der Waals surface area contributed by atoms with Crippen LogP contribution < -0.4 is 4.90 Å². The lowest BCUT2D eigenvalue weighted by Gasteiger charge is -2.09. The SMILES string of the molecule is O=C1CSC(=S)N1c1nc2ccc(Sc3ccc([N+](=O)[O-])cc3)cc2s1. The van der Waals surface area contributed by atoms with Gasteiger partial charge < -0.3 is 0 Å². The zero-order chi connectivity index (χ0) is 18.3. The summed E-state index contributed by atoms with van der Waals surface area (Å²) in [5.41, 5.74) is 0.881. The number of thioether (sulfide) groups is 1. The van der Waals surface area contributed by atoms with E-state index in [9.17, 15) is 14.9 Å². The molecule has 0 aliphatic carbocycles. The molecule has 6 nitrogen and oxygen atoms in total. The predicted octanol–water partition coefficient (Wildman–Crippen LogP) is 4.72. The summed E-state index contributed by atoms with van der Waals surface area (Å²) in [4.78, 5) is 30.2. The fourth-order valence-electron chi connectivity index (χ4n) is 2.36. The Hall–Kier alpha value is -2.01. The van der Waals surface area contributed by atoms with Gasteiger partial charge >= 0.3 is 0 Å². The molecule has 0 unspecified atom stereocenters. The Kier molecular flexibility index (Phi) is 4.65. The number of fused-ring (bicyclic) bond motifs is 1. The number of thiazole rings is 1. The second-order valence-corrected chi connectivity index (χ2v) is 9.03. The van der Waals surface area contributed by atoms with Crippen LogP contribution in [0.25, 0.3) is 10.2 Å². The van der Waals surface area contributed by atoms with Crippen LogP contribution in [-0.2, 0) is 4.79 Å². The molecule has 0 bridgehead atoms. The zero-order valence-corrected chi connectivity index (χ0v) is 16.2. The summed E-state index contributed by atoms with van der Waals surface area (Å²) in [5.74, 6) is 0.315. The molecule has 1 amide bonds. The summed E-state index contributed by atoms with van der Waals surface area (Å²) in [7, 11) is 0. The number of hydrogen-bond donors (Lipinski definition) is 0. The molecule has 2 aromatic carbocycles. The number of aromatic nitrogens is 1. The van der Waals surface area contributed by atoms with Crippen molar-refractivity contribution in [3.8, 4) is 0 Å². The highest BCUT2D eigenvalue weighted by atomic mass is 32.2. The summed E-state index contributed by atoms with van der Waals surface area (Å²) < 4.78 is 1.49.